The van der Waals surface area contributed by atoms with Crippen molar-refractivity contribution in [1.82, 2.24) is 0 Å². The number of hydrogen-bond donors (Lipinski definition) is 0. The van der Waals surface area contributed by atoms with E-state index in [1.807, 2.05) is 17.9 Å². The quantitative estimate of drug-likeness (QED) is 0.252. The van der Waals surface area contributed by atoms with Crippen molar-refractivity contribution in [2.75, 3.05) is 24.6 Å². The lowest BCUT2D eigenvalue weighted by molar-refractivity contribution is -0.385. The third kappa shape index (κ3) is 6.34. The maximum absolute atomic E-state index is 11.1. The monoisotopic (exact) mass is 420 g/mol. The number of nitro benzene ring substituents is 1. The Labute approximate surface area is 179 Å². The van der Waals surface area contributed by atoms with Gasteiger partial charge in [0, 0.05) is 25.2 Å². The fraction of sp³-hybridized carbons (Fsp3) is 0.286. The summed E-state index contributed by atoms with van der Waals surface area (Å²) in [6.07, 6.45) is 0.310. The molecule has 0 aliphatic heterocycles. The SMILES string of the molecule is CC(=O)OCCN(CCC#N)c1ccc(N=Nc2cccc([N+](=O)[O-])c2C#N)c(C)c1. The number of anilines is 1. The molecule has 10 nitrogen and oxygen atoms in total. The van der Waals surface area contributed by atoms with E-state index in [0.29, 0.717) is 25.2 Å². The van der Waals surface area contributed by atoms with Gasteiger partial charge in [-0.2, -0.15) is 15.6 Å². The zero-order valence-corrected chi connectivity index (χ0v) is 17.1. The number of carbonyl (C=O) groups excluding carboxylic acids is 1. The zero-order chi connectivity index (χ0) is 22.8. The number of nitrogens with zero attached hydrogens (tertiary/aromatic N) is 6. The zero-order valence-electron chi connectivity index (χ0n) is 17.1. The molecular formula is C21H20N6O4. The normalized spacial score (nSPS) is 10.3. The van der Waals surface area contributed by atoms with Gasteiger partial charge in [0.25, 0.3) is 5.69 Å². The summed E-state index contributed by atoms with van der Waals surface area (Å²) in [5.74, 6) is -0.370. The van der Waals surface area contributed by atoms with Crippen molar-refractivity contribution in [3.05, 3.63) is 57.6 Å². The number of aryl methyl sites for hydroxylation is 1. The van der Waals surface area contributed by atoms with Gasteiger partial charge in [0.1, 0.15) is 18.4 Å². The molecular weight excluding hydrogens is 400 g/mol. The van der Waals surface area contributed by atoms with Gasteiger partial charge in [-0.1, -0.05) is 6.07 Å². The third-order valence-electron chi connectivity index (χ3n) is 4.30. The van der Waals surface area contributed by atoms with Gasteiger partial charge in [0.15, 0.2) is 5.56 Å². The highest BCUT2D eigenvalue weighted by molar-refractivity contribution is 5.66. The second kappa shape index (κ2) is 11.0. The molecule has 10 heteroatoms. The van der Waals surface area contributed by atoms with Crippen LogP contribution in [0.25, 0.3) is 0 Å². The molecule has 31 heavy (non-hydrogen) atoms. The molecule has 0 saturated heterocycles. The highest BCUT2D eigenvalue weighted by atomic mass is 16.6. The Kier molecular flexibility index (Phi) is 8.17. The first-order valence-electron chi connectivity index (χ1n) is 9.32. The van der Waals surface area contributed by atoms with Gasteiger partial charge < -0.3 is 9.64 Å². The molecule has 0 unspecified atom stereocenters. The average molecular weight is 420 g/mol. The summed E-state index contributed by atoms with van der Waals surface area (Å²) in [6, 6.07) is 13.4. The van der Waals surface area contributed by atoms with Crippen LogP contribution in [-0.2, 0) is 9.53 Å². The molecule has 0 atom stereocenters. The Balaban J connectivity index is 2.26. The summed E-state index contributed by atoms with van der Waals surface area (Å²) in [4.78, 5) is 23.4. The number of esters is 1. The number of carbonyl (C=O) groups is 1. The van der Waals surface area contributed by atoms with Crippen LogP contribution < -0.4 is 4.90 Å². The van der Waals surface area contributed by atoms with Gasteiger partial charge in [0.05, 0.1) is 29.6 Å². The predicted molar refractivity (Wildman–Crippen MR) is 112 cm³/mol. The van der Waals surface area contributed by atoms with Crippen LogP contribution in [0.5, 0.6) is 0 Å². The van der Waals surface area contributed by atoms with Crippen molar-refractivity contribution in [2.24, 2.45) is 10.2 Å². The lowest BCUT2D eigenvalue weighted by Crippen LogP contribution is -2.29. The number of hydrogen-bond acceptors (Lipinski definition) is 9. The Bertz CT molecular complexity index is 1080. The highest BCUT2D eigenvalue weighted by Gasteiger charge is 2.17. The minimum absolute atomic E-state index is 0.109. The molecule has 2 aromatic rings. The first kappa shape index (κ1) is 23.0. The van der Waals surface area contributed by atoms with Crippen LogP contribution in [0, 0.1) is 39.7 Å². The van der Waals surface area contributed by atoms with E-state index >= 15 is 0 Å². The van der Waals surface area contributed by atoms with Gasteiger partial charge in [-0.25, -0.2) is 0 Å². The summed E-state index contributed by atoms with van der Waals surface area (Å²) in [7, 11) is 0. The second-order valence-corrected chi connectivity index (χ2v) is 6.45. The summed E-state index contributed by atoms with van der Waals surface area (Å²) < 4.78 is 4.99. The van der Waals surface area contributed by atoms with Crippen molar-refractivity contribution in [2.45, 2.75) is 20.3 Å². The predicted octanol–water partition coefficient (Wildman–Crippen LogP) is 4.47. The fourth-order valence-electron chi connectivity index (χ4n) is 2.79. The van der Waals surface area contributed by atoms with Gasteiger partial charge in [-0.3, -0.25) is 14.9 Å². The molecule has 0 fully saturated rings. The number of nitro groups is 1. The first-order chi connectivity index (χ1) is 14.9. The van der Waals surface area contributed by atoms with Gasteiger partial charge >= 0.3 is 5.97 Å². The van der Waals surface area contributed by atoms with Crippen LogP contribution in [0.15, 0.2) is 46.6 Å². The molecule has 0 N–H and O–H groups in total. The maximum Gasteiger partial charge on any atom is 0.302 e. The summed E-state index contributed by atoms with van der Waals surface area (Å²) in [6.45, 7) is 4.26. The molecule has 0 aromatic heterocycles. The second-order valence-electron chi connectivity index (χ2n) is 6.45. The molecule has 2 rings (SSSR count). The van der Waals surface area contributed by atoms with Crippen LogP contribution in [0.4, 0.5) is 22.7 Å². The van der Waals surface area contributed by atoms with E-state index in [1.54, 1.807) is 18.2 Å². The summed E-state index contributed by atoms with van der Waals surface area (Å²) in [5, 5.41) is 37.4. The number of rotatable bonds is 9. The van der Waals surface area contributed by atoms with E-state index in [4.69, 9.17) is 10.00 Å². The number of nitriles is 2. The Hall–Kier alpha value is -4.31. The van der Waals surface area contributed by atoms with E-state index < -0.39 is 4.92 Å². The largest absolute Gasteiger partial charge is 0.464 e. The summed E-state index contributed by atoms with van der Waals surface area (Å²) in [5.41, 5.74) is 1.76. The standard InChI is InChI=1S/C21H20N6O4/c1-15-13-17(26(10-4-9-22)11-12-31-16(2)28)7-8-19(15)24-25-20-5-3-6-21(27(29)30)18(20)14-23/h3,5-8,13H,4,10-12H2,1-2H3. The third-order valence-corrected chi connectivity index (χ3v) is 4.30. The van der Waals surface area contributed by atoms with Crippen molar-refractivity contribution >= 4 is 28.7 Å². The maximum atomic E-state index is 11.1. The van der Waals surface area contributed by atoms with E-state index in [0.717, 1.165) is 11.3 Å². The minimum Gasteiger partial charge on any atom is -0.464 e. The van der Waals surface area contributed by atoms with Gasteiger partial charge in [0.2, 0.25) is 0 Å². The Morgan fingerprint density at radius 1 is 1.19 bits per heavy atom. The number of ether oxygens (including phenoxy) is 1. The Morgan fingerprint density at radius 2 is 1.94 bits per heavy atom. The van der Waals surface area contributed by atoms with Crippen LogP contribution >= 0.6 is 0 Å². The topological polar surface area (TPSA) is 145 Å². The molecule has 158 valence electrons. The fourth-order valence-corrected chi connectivity index (χ4v) is 2.79. The van der Waals surface area contributed by atoms with Gasteiger partial charge in [-0.15, -0.1) is 5.11 Å². The molecule has 0 amide bonds. The smallest absolute Gasteiger partial charge is 0.302 e. The molecule has 0 aliphatic rings. The molecule has 0 heterocycles. The average Bonchev–Trinajstić information content (AvgIpc) is 2.74. The Morgan fingerprint density at radius 3 is 2.55 bits per heavy atom. The molecule has 0 saturated carbocycles. The lowest BCUT2D eigenvalue weighted by Gasteiger charge is -2.24. The lowest BCUT2D eigenvalue weighted by atomic mass is 10.1. The van der Waals surface area contributed by atoms with Crippen LogP contribution in [-0.4, -0.2) is 30.6 Å². The summed E-state index contributed by atoms with van der Waals surface area (Å²) >= 11 is 0. The molecule has 0 aliphatic carbocycles. The van der Waals surface area contributed by atoms with Crippen LogP contribution in [0.2, 0.25) is 0 Å². The van der Waals surface area contributed by atoms with Crippen LogP contribution in [0.1, 0.15) is 24.5 Å². The van der Waals surface area contributed by atoms with E-state index in [1.165, 1.54) is 25.1 Å². The number of benzene rings is 2. The van der Waals surface area contributed by atoms with E-state index in [-0.39, 0.29) is 29.5 Å². The van der Waals surface area contributed by atoms with Crippen molar-refractivity contribution in [3.63, 3.8) is 0 Å². The first-order valence-corrected chi connectivity index (χ1v) is 9.32. The molecule has 2 aromatic carbocycles. The van der Waals surface area contributed by atoms with Gasteiger partial charge in [-0.05, 0) is 36.8 Å². The minimum atomic E-state index is -0.636. The van der Waals surface area contributed by atoms with E-state index in [9.17, 15) is 20.2 Å². The van der Waals surface area contributed by atoms with E-state index in [2.05, 4.69) is 16.3 Å². The molecule has 0 bridgehead atoms. The molecule has 0 radical (unpaired) electrons. The molecule has 0 spiro atoms. The van der Waals surface area contributed by atoms with Crippen molar-refractivity contribution < 1.29 is 14.5 Å². The van der Waals surface area contributed by atoms with Crippen LogP contribution in [0.3, 0.4) is 0 Å². The van der Waals surface area contributed by atoms with Crippen molar-refractivity contribution in [3.8, 4) is 12.1 Å². The number of azo groups is 1. The highest BCUT2D eigenvalue weighted by Crippen LogP contribution is 2.31. The van der Waals surface area contributed by atoms with Crippen molar-refractivity contribution in [1.29, 1.82) is 10.5 Å².